The summed E-state index contributed by atoms with van der Waals surface area (Å²) in [4.78, 5) is 64.5. The van der Waals surface area contributed by atoms with E-state index in [0.717, 1.165) is 12.8 Å². The van der Waals surface area contributed by atoms with E-state index >= 15 is 0 Å². The molecule has 0 saturated heterocycles. The fraction of sp³-hybridized carbons (Fsp3) is 0.606. The zero-order valence-corrected chi connectivity index (χ0v) is 28.6. The Kier molecular flexibility index (Phi) is 18.2. The summed E-state index contributed by atoms with van der Waals surface area (Å²) < 4.78 is 16.1. The lowest BCUT2D eigenvalue weighted by atomic mass is 9.91. The first-order chi connectivity index (χ1) is 21.8. The molecule has 13 nitrogen and oxygen atoms in total. The highest BCUT2D eigenvalue weighted by Crippen LogP contribution is 2.21. The Morgan fingerprint density at radius 3 is 2.15 bits per heavy atom. The third kappa shape index (κ3) is 13.2. The number of nitrogens with zero attached hydrogens (tertiary/aromatic N) is 2. The molecule has 1 rings (SSSR count). The summed E-state index contributed by atoms with van der Waals surface area (Å²) in [6.45, 7) is 13.3. The first-order valence-corrected chi connectivity index (χ1v) is 15.6. The molecule has 0 aliphatic rings. The molecule has 1 aromatic rings. The number of hydrogen-bond donors (Lipinski definition) is 3. The highest BCUT2D eigenvalue weighted by Gasteiger charge is 2.34. The van der Waals surface area contributed by atoms with Crippen LogP contribution >= 0.6 is 0 Å². The van der Waals surface area contributed by atoms with Crippen LogP contribution in [-0.4, -0.2) is 106 Å². The topological polar surface area (TPSA) is 156 Å². The van der Waals surface area contributed by atoms with Gasteiger partial charge in [0.05, 0.1) is 31.8 Å². The molecule has 4 unspecified atom stereocenters. The third-order valence-corrected chi connectivity index (χ3v) is 7.73. The summed E-state index contributed by atoms with van der Waals surface area (Å²) in [7, 11) is 4.85. The highest BCUT2D eigenvalue weighted by molar-refractivity contribution is 5.92. The van der Waals surface area contributed by atoms with E-state index in [1.807, 2.05) is 20.8 Å². The van der Waals surface area contributed by atoms with Crippen LogP contribution in [0.3, 0.4) is 0 Å². The van der Waals surface area contributed by atoms with Gasteiger partial charge >= 0.3 is 6.09 Å². The maximum atomic E-state index is 13.2. The highest BCUT2D eigenvalue weighted by atomic mass is 16.6. The summed E-state index contributed by atoms with van der Waals surface area (Å²) in [5.41, 5.74) is 1.69. The fourth-order valence-electron chi connectivity index (χ4n) is 5.01. The van der Waals surface area contributed by atoms with E-state index in [9.17, 15) is 24.0 Å². The number of hydrogen-bond acceptors (Lipinski definition) is 9. The van der Waals surface area contributed by atoms with Gasteiger partial charge in [0.2, 0.25) is 17.7 Å². The molecular weight excluding hydrogens is 594 g/mol. The van der Waals surface area contributed by atoms with Crippen molar-refractivity contribution in [1.29, 1.82) is 0 Å². The van der Waals surface area contributed by atoms with Crippen molar-refractivity contribution in [3.05, 3.63) is 42.1 Å². The van der Waals surface area contributed by atoms with Crippen LogP contribution in [0.2, 0.25) is 0 Å². The van der Waals surface area contributed by atoms with Gasteiger partial charge in [0.25, 0.3) is 0 Å². The van der Waals surface area contributed by atoms with Gasteiger partial charge in [-0.3, -0.25) is 19.3 Å². The van der Waals surface area contributed by atoms with E-state index in [-0.39, 0.29) is 68.7 Å². The van der Waals surface area contributed by atoms with Gasteiger partial charge in [-0.25, -0.2) is 4.79 Å². The molecule has 0 bridgehead atoms. The SMILES string of the molecule is C=C(COCC=O)NCC(=O)Nc1ccc(COC(=O)N(C)C(C(=O)NCC(=O)N(C)C(C(C)CC)C(CC)OC)C(C)C)cc1. The lowest BCUT2D eigenvalue weighted by Gasteiger charge is -2.37. The van der Waals surface area contributed by atoms with Crippen molar-refractivity contribution in [1.82, 2.24) is 20.4 Å². The van der Waals surface area contributed by atoms with Crippen LogP contribution < -0.4 is 16.0 Å². The number of likely N-dealkylation sites (N-methyl/N-ethyl adjacent to an activating group) is 2. The van der Waals surface area contributed by atoms with E-state index in [2.05, 4.69) is 36.4 Å². The molecule has 0 aromatic heterocycles. The zero-order chi connectivity index (χ0) is 34.8. The average Bonchev–Trinajstić information content (AvgIpc) is 3.03. The molecule has 13 heteroatoms. The van der Waals surface area contributed by atoms with Crippen LogP contribution in [0, 0.1) is 11.8 Å². The van der Waals surface area contributed by atoms with Crippen molar-refractivity contribution in [2.75, 3.05) is 52.8 Å². The molecule has 4 atom stereocenters. The van der Waals surface area contributed by atoms with E-state index < -0.39 is 18.0 Å². The number of aldehydes is 1. The van der Waals surface area contributed by atoms with Gasteiger partial charge in [0.1, 0.15) is 25.5 Å². The van der Waals surface area contributed by atoms with Gasteiger partial charge < -0.3 is 39.9 Å². The zero-order valence-electron chi connectivity index (χ0n) is 28.6. The van der Waals surface area contributed by atoms with E-state index in [1.165, 1.54) is 11.9 Å². The van der Waals surface area contributed by atoms with E-state index in [4.69, 9.17) is 14.2 Å². The van der Waals surface area contributed by atoms with Crippen molar-refractivity contribution < 1.29 is 38.2 Å². The van der Waals surface area contributed by atoms with Crippen LogP contribution in [0.25, 0.3) is 0 Å². The Morgan fingerprint density at radius 2 is 1.61 bits per heavy atom. The number of methoxy groups -OCH3 is 1. The summed E-state index contributed by atoms with van der Waals surface area (Å²) in [6, 6.07) is 5.75. The number of carbonyl (C=O) groups excluding carboxylic acids is 5. The predicted molar refractivity (Wildman–Crippen MR) is 176 cm³/mol. The molecule has 4 amide bonds. The second-order valence-corrected chi connectivity index (χ2v) is 11.5. The Hall–Kier alpha value is -3.97. The third-order valence-electron chi connectivity index (χ3n) is 7.73. The van der Waals surface area contributed by atoms with Crippen molar-refractivity contribution in [3.63, 3.8) is 0 Å². The van der Waals surface area contributed by atoms with Gasteiger partial charge in [0.15, 0.2) is 0 Å². The minimum atomic E-state index is -0.864. The van der Waals surface area contributed by atoms with Crippen LogP contribution in [0.5, 0.6) is 0 Å². The lowest BCUT2D eigenvalue weighted by Crippen LogP contribution is -2.54. The largest absolute Gasteiger partial charge is 0.445 e. The van der Waals surface area contributed by atoms with Gasteiger partial charge in [-0.15, -0.1) is 0 Å². The van der Waals surface area contributed by atoms with Crippen molar-refractivity contribution in [2.45, 2.75) is 72.3 Å². The molecule has 0 saturated carbocycles. The normalized spacial score (nSPS) is 13.5. The summed E-state index contributed by atoms with van der Waals surface area (Å²) in [5.74, 6) is -1.07. The Balaban J connectivity index is 2.69. The Bertz CT molecular complexity index is 1140. The van der Waals surface area contributed by atoms with Crippen molar-refractivity contribution in [2.24, 2.45) is 11.8 Å². The van der Waals surface area contributed by atoms with Crippen molar-refractivity contribution >= 4 is 35.8 Å². The van der Waals surface area contributed by atoms with Gasteiger partial charge in [-0.2, -0.15) is 0 Å². The maximum Gasteiger partial charge on any atom is 0.410 e. The molecule has 3 N–H and O–H groups in total. The minimum Gasteiger partial charge on any atom is -0.445 e. The quantitative estimate of drug-likeness (QED) is 0.135. The van der Waals surface area contributed by atoms with E-state index in [1.54, 1.807) is 43.3 Å². The molecule has 0 heterocycles. The van der Waals surface area contributed by atoms with Crippen molar-refractivity contribution in [3.8, 4) is 0 Å². The van der Waals surface area contributed by atoms with Gasteiger partial charge in [0, 0.05) is 32.6 Å². The number of carbonyl (C=O) groups is 5. The maximum absolute atomic E-state index is 13.2. The fourth-order valence-corrected chi connectivity index (χ4v) is 5.01. The Labute approximate surface area is 273 Å². The molecule has 0 aliphatic heterocycles. The molecule has 1 aromatic carbocycles. The first-order valence-electron chi connectivity index (χ1n) is 15.6. The molecular formula is C33H53N5O8. The number of anilines is 1. The number of amides is 4. The number of rotatable bonds is 21. The van der Waals surface area contributed by atoms with Crippen LogP contribution in [0.4, 0.5) is 10.5 Å². The molecule has 258 valence electrons. The predicted octanol–water partition coefficient (Wildman–Crippen LogP) is 2.95. The lowest BCUT2D eigenvalue weighted by molar-refractivity contribution is -0.138. The molecule has 0 fully saturated rings. The standard InChI is InChI=1S/C33H53N5O8/c1-10-23(5)31(27(11-2)44-9)37(7)29(41)19-35-32(42)30(22(3)4)38(8)33(43)46-21-25-12-14-26(15-13-25)36-28(40)18-34-24(6)20-45-17-16-39/h12-16,22-23,27,30-31,34H,6,10-11,17-21H2,1-5,7-9H3,(H,35,42)(H,36,40). The number of ether oxygens (including phenoxy) is 3. The summed E-state index contributed by atoms with van der Waals surface area (Å²) >= 11 is 0. The van der Waals surface area contributed by atoms with Crippen LogP contribution in [0.15, 0.2) is 36.5 Å². The molecule has 0 radical (unpaired) electrons. The number of nitrogens with one attached hydrogen (secondary N) is 3. The van der Waals surface area contributed by atoms with E-state index in [0.29, 0.717) is 23.2 Å². The van der Waals surface area contributed by atoms with Crippen LogP contribution in [-0.2, 0) is 40.0 Å². The molecule has 46 heavy (non-hydrogen) atoms. The monoisotopic (exact) mass is 647 g/mol. The smallest absolute Gasteiger partial charge is 0.410 e. The summed E-state index contributed by atoms with van der Waals surface area (Å²) in [6.07, 6.45) is 1.42. The second-order valence-electron chi connectivity index (χ2n) is 11.5. The Morgan fingerprint density at radius 1 is 0.957 bits per heavy atom. The average molecular weight is 648 g/mol. The second kappa shape index (κ2) is 20.9. The molecule has 0 aliphatic carbocycles. The number of benzene rings is 1. The first kappa shape index (κ1) is 40.1. The molecule has 0 spiro atoms. The van der Waals surface area contributed by atoms with Gasteiger partial charge in [-0.05, 0) is 36.0 Å². The minimum absolute atomic E-state index is 0.0316. The van der Waals surface area contributed by atoms with Gasteiger partial charge in [-0.1, -0.05) is 59.8 Å². The van der Waals surface area contributed by atoms with Crippen LogP contribution in [0.1, 0.15) is 53.0 Å². The summed E-state index contributed by atoms with van der Waals surface area (Å²) in [5, 5.41) is 8.26.